The number of carbonyl (C=O) groups is 2. The molecule has 0 bridgehead atoms. The average molecular weight is 355 g/mol. The molecule has 0 N–H and O–H groups in total. The number of hydrogen-bond acceptors (Lipinski definition) is 4. The van der Waals surface area contributed by atoms with Crippen LogP contribution in [0.4, 0.5) is 4.79 Å². The van der Waals surface area contributed by atoms with Crippen molar-refractivity contribution in [3.8, 4) is 0 Å². The van der Waals surface area contributed by atoms with Gasteiger partial charge in [0.2, 0.25) is 0 Å². The fourth-order valence-electron chi connectivity index (χ4n) is 2.37. The van der Waals surface area contributed by atoms with E-state index in [0.29, 0.717) is 12.0 Å². The highest BCUT2D eigenvalue weighted by atomic mass is 79.9. The topological polar surface area (TPSA) is 69.7 Å². The molecule has 2 rings (SSSR count). The maximum atomic E-state index is 12.2. The largest absolute Gasteiger partial charge is 0.548 e. The average Bonchev–Trinajstić information content (AvgIpc) is 2.34. The van der Waals surface area contributed by atoms with Crippen molar-refractivity contribution >= 4 is 28.0 Å². The van der Waals surface area contributed by atoms with Gasteiger partial charge in [0.1, 0.15) is 11.6 Å². The molecular formula is C15H17BrNO4-. The molecule has 1 amide bonds. The van der Waals surface area contributed by atoms with E-state index in [9.17, 15) is 14.7 Å². The van der Waals surface area contributed by atoms with Gasteiger partial charge in [-0.25, -0.2) is 4.79 Å². The van der Waals surface area contributed by atoms with Crippen LogP contribution >= 0.6 is 15.9 Å². The minimum atomic E-state index is -1.30. The first-order valence-corrected chi connectivity index (χ1v) is 7.47. The summed E-state index contributed by atoms with van der Waals surface area (Å²) in [5.74, 6) is -1.30. The normalized spacial score (nSPS) is 18.1. The molecule has 1 unspecified atom stereocenters. The van der Waals surface area contributed by atoms with Crippen molar-refractivity contribution in [3.63, 3.8) is 0 Å². The molecule has 6 heteroatoms. The molecule has 114 valence electrons. The van der Waals surface area contributed by atoms with Crippen LogP contribution in [-0.4, -0.2) is 29.1 Å². The number of halogens is 1. The SMILES string of the molecule is CC(C)(C)OC(=O)N1CCc2cc(Br)ccc2C1C(=O)[O-]. The smallest absolute Gasteiger partial charge is 0.411 e. The van der Waals surface area contributed by atoms with Crippen LogP contribution in [0.25, 0.3) is 0 Å². The van der Waals surface area contributed by atoms with Gasteiger partial charge in [-0.1, -0.05) is 22.0 Å². The second kappa shape index (κ2) is 5.67. The Morgan fingerprint density at radius 1 is 1.38 bits per heavy atom. The fourth-order valence-corrected chi connectivity index (χ4v) is 2.78. The maximum Gasteiger partial charge on any atom is 0.411 e. The number of carboxylic acid groups (broad SMARTS) is 1. The van der Waals surface area contributed by atoms with Gasteiger partial charge >= 0.3 is 6.09 Å². The predicted molar refractivity (Wildman–Crippen MR) is 78.5 cm³/mol. The third kappa shape index (κ3) is 3.56. The molecule has 0 spiro atoms. The number of nitrogens with zero attached hydrogens (tertiary/aromatic N) is 1. The molecule has 1 atom stereocenters. The van der Waals surface area contributed by atoms with E-state index < -0.39 is 23.7 Å². The Morgan fingerprint density at radius 3 is 2.62 bits per heavy atom. The zero-order chi connectivity index (χ0) is 15.8. The van der Waals surface area contributed by atoms with Gasteiger partial charge in [-0.05, 0) is 50.5 Å². The minimum Gasteiger partial charge on any atom is -0.548 e. The molecule has 1 aliphatic rings. The van der Waals surface area contributed by atoms with Crippen LogP contribution < -0.4 is 5.11 Å². The molecule has 0 aliphatic carbocycles. The van der Waals surface area contributed by atoms with Crippen molar-refractivity contribution in [2.24, 2.45) is 0 Å². The number of carboxylic acids is 1. The van der Waals surface area contributed by atoms with Crippen LogP contribution in [-0.2, 0) is 16.0 Å². The number of carbonyl (C=O) groups excluding carboxylic acids is 2. The summed E-state index contributed by atoms with van der Waals surface area (Å²) in [7, 11) is 0. The number of rotatable bonds is 1. The number of fused-ring (bicyclic) bond motifs is 1. The highest BCUT2D eigenvalue weighted by Gasteiger charge is 2.34. The second-order valence-corrected chi connectivity index (χ2v) is 6.90. The molecule has 1 aromatic carbocycles. The second-order valence-electron chi connectivity index (χ2n) is 5.99. The van der Waals surface area contributed by atoms with Crippen molar-refractivity contribution in [2.45, 2.75) is 38.8 Å². The Bertz CT molecular complexity index is 580. The quantitative estimate of drug-likeness (QED) is 0.773. The van der Waals surface area contributed by atoms with Gasteiger partial charge in [0.25, 0.3) is 0 Å². The lowest BCUT2D eigenvalue weighted by Gasteiger charge is -2.38. The maximum absolute atomic E-state index is 12.2. The van der Waals surface area contributed by atoms with Crippen molar-refractivity contribution in [2.75, 3.05) is 6.54 Å². The molecule has 1 aromatic rings. The van der Waals surface area contributed by atoms with Crippen molar-refractivity contribution in [1.29, 1.82) is 0 Å². The van der Waals surface area contributed by atoms with Gasteiger partial charge in [0.15, 0.2) is 0 Å². The van der Waals surface area contributed by atoms with Gasteiger partial charge in [-0.2, -0.15) is 0 Å². The van der Waals surface area contributed by atoms with Crippen LogP contribution in [0, 0.1) is 0 Å². The van der Waals surface area contributed by atoms with E-state index in [2.05, 4.69) is 15.9 Å². The molecule has 0 saturated heterocycles. The lowest BCUT2D eigenvalue weighted by Crippen LogP contribution is -2.49. The van der Waals surface area contributed by atoms with E-state index in [4.69, 9.17) is 4.74 Å². The van der Waals surface area contributed by atoms with Gasteiger partial charge in [-0.15, -0.1) is 0 Å². The standard InChI is InChI=1S/C15H18BrNO4/c1-15(2,3)21-14(20)17-7-6-9-8-10(16)4-5-11(9)12(17)13(18)19/h4-5,8,12H,6-7H2,1-3H3,(H,18,19)/p-1. The van der Waals surface area contributed by atoms with E-state index in [0.717, 1.165) is 10.0 Å². The number of ether oxygens (including phenoxy) is 1. The first-order valence-electron chi connectivity index (χ1n) is 6.68. The number of amides is 1. The Labute approximate surface area is 132 Å². The summed E-state index contributed by atoms with van der Waals surface area (Å²) in [6.45, 7) is 5.52. The van der Waals surface area contributed by atoms with Gasteiger partial charge in [0, 0.05) is 11.0 Å². The lowest BCUT2D eigenvalue weighted by molar-refractivity contribution is -0.312. The van der Waals surface area contributed by atoms with Gasteiger partial charge in [0.05, 0.1) is 5.97 Å². The highest BCUT2D eigenvalue weighted by Crippen LogP contribution is 2.32. The summed E-state index contributed by atoms with van der Waals surface area (Å²) in [5, 5.41) is 11.5. The van der Waals surface area contributed by atoms with Crippen LogP contribution in [0.1, 0.15) is 37.9 Å². The number of aliphatic carboxylic acids is 1. The zero-order valence-corrected chi connectivity index (χ0v) is 13.8. The van der Waals surface area contributed by atoms with E-state index >= 15 is 0 Å². The summed E-state index contributed by atoms with van der Waals surface area (Å²) >= 11 is 3.36. The van der Waals surface area contributed by atoms with E-state index in [1.54, 1.807) is 32.9 Å². The van der Waals surface area contributed by atoms with Gasteiger partial charge < -0.3 is 14.6 Å². The number of benzene rings is 1. The van der Waals surface area contributed by atoms with Crippen LogP contribution in [0.15, 0.2) is 22.7 Å². The summed E-state index contributed by atoms with van der Waals surface area (Å²) in [6, 6.07) is 4.22. The molecule has 5 nitrogen and oxygen atoms in total. The summed E-state index contributed by atoms with van der Waals surface area (Å²) in [4.78, 5) is 24.9. The zero-order valence-electron chi connectivity index (χ0n) is 12.2. The monoisotopic (exact) mass is 354 g/mol. The van der Waals surface area contributed by atoms with Crippen LogP contribution in [0.5, 0.6) is 0 Å². The van der Waals surface area contributed by atoms with Crippen molar-refractivity contribution in [1.82, 2.24) is 4.90 Å². The molecule has 21 heavy (non-hydrogen) atoms. The molecule has 1 heterocycles. The Kier molecular flexibility index (Phi) is 4.27. The molecule has 0 saturated carbocycles. The lowest BCUT2D eigenvalue weighted by atomic mass is 9.93. The number of hydrogen-bond donors (Lipinski definition) is 0. The summed E-state index contributed by atoms with van der Waals surface area (Å²) < 4.78 is 6.16. The summed E-state index contributed by atoms with van der Waals surface area (Å²) in [5.41, 5.74) is 0.807. The Balaban J connectivity index is 2.35. The Hall–Kier alpha value is -1.56. The third-order valence-electron chi connectivity index (χ3n) is 3.18. The molecular weight excluding hydrogens is 338 g/mol. The van der Waals surface area contributed by atoms with Crippen molar-refractivity contribution in [3.05, 3.63) is 33.8 Å². The van der Waals surface area contributed by atoms with E-state index in [1.165, 1.54) is 4.90 Å². The van der Waals surface area contributed by atoms with Crippen molar-refractivity contribution < 1.29 is 19.4 Å². The first-order chi connectivity index (χ1) is 9.69. The minimum absolute atomic E-state index is 0.289. The van der Waals surface area contributed by atoms with Crippen LogP contribution in [0.3, 0.4) is 0 Å². The van der Waals surface area contributed by atoms with Gasteiger partial charge in [-0.3, -0.25) is 4.90 Å². The van der Waals surface area contributed by atoms with Crippen LogP contribution in [0.2, 0.25) is 0 Å². The van der Waals surface area contributed by atoms with E-state index in [-0.39, 0.29) is 6.54 Å². The predicted octanol–water partition coefficient (Wildman–Crippen LogP) is 2.03. The molecule has 0 fully saturated rings. The summed E-state index contributed by atoms with van der Waals surface area (Å²) in [6.07, 6.45) is -0.0529. The molecule has 0 aromatic heterocycles. The first kappa shape index (κ1) is 15.8. The third-order valence-corrected chi connectivity index (χ3v) is 3.68. The molecule has 1 aliphatic heterocycles. The molecule has 0 radical (unpaired) electrons. The Morgan fingerprint density at radius 2 is 2.05 bits per heavy atom. The van der Waals surface area contributed by atoms with E-state index in [1.807, 2.05) is 6.07 Å². The highest BCUT2D eigenvalue weighted by molar-refractivity contribution is 9.10. The fraction of sp³-hybridized carbons (Fsp3) is 0.467.